The van der Waals surface area contributed by atoms with E-state index in [4.69, 9.17) is 104 Å². The summed E-state index contributed by atoms with van der Waals surface area (Å²) in [4.78, 5) is 0. The molecule has 0 spiro atoms. The maximum atomic E-state index is 6.48. The average Bonchev–Trinajstić information content (AvgIpc) is 2.43. The molecule has 9 heteroatoms. The first-order chi connectivity index (χ1) is 10.3. The third-order valence-electron chi connectivity index (χ3n) is 3.30. The molecule has 0 saturated carbocycles. The summed E-state index contributed by atoms with van der Waals surface area (Å²) in [5.74, 6) is 0. The van der Waals surface area contributed by atoms with E-state index >= 15 is 0 Å². The number of unbranched alkanes of at least 4 members (excludes halogenated alkanes) is 1. The molecule has 0 atom stereocenters. The minimum atomic E-state index is -2.28. The number of alkyl halides is 9. The van der Waals surface area contributed by atoms with E-state index in [2.05, 4.69) is 6.92 Å². The molecule has 0 amide bonds. The zero-order valence-electron chi connectivity index (χ0n) is 11.8. The van der Waals surface area contributed by atoms with E-state index in [1.807, 2.05) is 12.1 Å². The molecular formula is C14H13Cl9. The minimum absolute atomic E-state index is 0.460. The molecule has 0 N–H and O–H groups in total. The molecule has 0 saturated heterocycles. The topological polar surface area (TPSA) is 0 Å². The van der Waals surface area contributed by atoms with Crippen LogP contribution in [0.15, 0.2) is 24.3 Å². The van der Waals surface area contributed by atoms with Crippen LogP contribution in [0.3, 0.4) is 0 Å². The summed E-state index contributed by atoms with van der Waals surface area (Å²) in [6.45, 7) is 2.07. The fourth-order valence-electron chi connectivity index (χ4n) is 1.96. The van der Waals surface area contributed by atoms with Gasteiger partial charge in [0.05, 0.1) is 0 Å². The van der Waals surface area contributed by atoms with Crippen LogP contribution < -0.4 is 0 Å². The molecule has 1 rings (SSSR count). The molecule has 0 bridgehead atoms. The Morgan fingerprint density at radius 3 is 1.78 bits per heavy atom. The maximum absolute atomic E-state index is 6.48. The van der Waals surface area contributed by atoms with Crippen molar-refractivity contribution < 1.29 is 0 Å². The maximum Gasteiger partial charge on any atom is 0.226 e. The van der Waals surface area contributed by atoms with Gasteiger partial charge in [-0.2, -0.15) is 0 Å². The van der Waals surface area contributed by atoms with Crippen LogP contribution >= 0.6 is 104 Å². The van der Waals surface area contributed by atoms with E-state index < -0.39 is 16.8 Å². The van der Waals surface area contributed by atoms with Crippen LogP contribution in [-0.2, 0) is 10.8 Å². The van der Waals surface area contributed by atoms with E-state index in [1.54, 1.807) is 12.1 Å². The fraction of sp³-hybridized carbons (Fsp3) is 0.571. The van der Waals surface area contributed by atoms with Gasteiger partial charge in [0.25, 0.3) is 0 Å². The van der Waals surface area contributed by atoms with E-state index in [-0.39, 0.29) is 0 Å². The Labute approximate surface area is 181 Å². The van der Waals surface area contributed by atoms with Gasteiger partial charge >= 0.3 is 0 Å². The van der Waals surface area contributed by atoms with Gasteiger partial charge in [0.15, 0.2) is 8.67 Å². The van der Waals surface area contributed by atoms with Gasteiger partial charge in [0.1, 0.15) is 0 Å². The van der Waals surface area contributed by atoms with Crippen molar-refractivity contribution in [1.82, 2.24) is 0 Å². The van der Waals surface area contributed by atoms with Crippen LogP contribution in [0.4, 0.5) is 0 Å². The first-order valence-electron chi connectivity index (χ1n) is 6.59. The number of benzene rings is 1. The summed E-state index contributed by atoms with van der Waals surface area (Å²) in [6.07, 6.45) is 2.64. The van der Waals surface area contributed by atoms with Gasteiger partial charge in [-0.25, -0.2) is 0 Å². The molecule has 0 heterocycles. The van der Waals surface area contributed by atoms with Crippen molar-refractivity contribution in [3.05, 3.63) is 35.4 Å². The standard InChI is InChI=1S/C14H13Cl9/c1-2-3-6-9-7-4-5-8-10(9)11(15,16)12(17,18)13(19,20)14(21,22)23/h4-5,7-8H,2-3,6H2,1H3. The van der Waals surface area contributed by atoms with E-state index in [9.17, 15) is 0 Å². The van der Waals surface area contributed by atoms with E-state index in [0.717, 1.165) is 24.8 Å². The molecule has 1 aromatic carbocycles. The third-order valence-corrected chi connectivity index (χ3v) is 8.75. The fourth-order valence-corrected chi connectivity index (χ4v) is 4.29. The second kappa shape index (κ2) is 8.24. The molecule has 0 aliphatic carbocycles. The third kappa shape index (κ3) is 4.57. The lowest BCUT2D eigenvalue weighted by Gasteiger charge is -2.44. The lowest BCUT2D eigenvalue weighted by molar-refractivity contribution is 0.595. The molecule has 0 aromatic heterocycles. The molecule has 1 aromatic rings. The lowest BCUT2D eigenvalue weighted by Crippen LogP contribution is -2.55. The quantitative estimate of drug-likeness (QED) is 0.344. The van der Waals surface area contributed by atoms with Crippen molar-refractivity contribution in [2.24, 2.45) is 0 Å². The van der Waals surface area contributed by atoms with Crippen LogP contribution in [0.2, 0.25) is 0 Å². The zero-order chi connectivity index (χ0) is 18.1. The largest absolute Gasteiger partial charge is 0.226 e. The number of hydrogen-bond acceptors (Lipinski definition) is 0. The van der Waals surface area contributed by atoms with E-state index in [1.165, 1.54) is 0 Å². The summed E-state index contributed by atoms with van der Waals surface area (Å²) < 4.78 is -8.66. The summed E-state index contributed by atoms with van der Waals surface area (Å²) in [5, 5.41) is 0. The van der Waals surface area contributed by atoms with Crippen LogP contribution in [0.1, 0.15) is 30.9 Å². The van der Waals surface area contributed by atoms with Crippen molar-refractivity contribution in [1.29, 1.82) is 0 Å². The minimum Gasteiger partial charge on any atom is -0.0943 e. The molecule has 0 aliphatic rings. The normalized spacial score (nSPS) is 14.2. The smallest absolute Gasteiger partial charge is 0.0943 e. The van der Waals surface area contributed by atoms with Gasteiger partial charge in [-0.05, 0) is 24.0 Å². The summed E-state index contributed by atoms with van der Waals surface area (Å²) >= 11 is 55.3. The van der Waals surface area contributed by atoms with Crippen molar-refractivity contribution in [2.75, 3.05) is 0 Å². The van der Waals surface area contributed by atoms with Gasteiger partial charge in [-0.15, -0.1) is 0 Å². The Kier molecular flexibility index (Phi) is 8.19. The van der Waals surface area contributed by atoms with Gasteiger partial charge in [0.2, 0.25) is 8.13 Å². The Hall–Kier alpha value is 1.83. The van der Waals surface area contributed by atoms with Crippen molar-refractivity contribution in [3.8, 4) is 0 Å². The van der Waals surface area contributed by atoms with Crippen molar-refractivity contribution in [3.63, 3.8) is 0 Å². The lowest BCUT2D eigenvalue weighted by atomic mass is 9.96. The predicted molar refractivity (Wildman–Crippen MR) is 108 cm³/mol. The number of hydrogen-bond donors (Lipinski definition) is 0. The monoisotopic (exact) mass is 496 g/mol. The zero-order valence-corrected chi connectivity index (χ0v) is 18.6. The Morgan fingerprint density at radius 2 is 1.30 bits per heavy atom. The van der Waals surface area contributed by atoms with Crippen LogP contribution in [0.25, 0.3) is 0 Å². The Morgan fingerprint density at radius 1 is 0.783 bits per heavy atom. The number of halogens is 9. The van der Waals surface area contributed by atoms with Crippen LogP contribution in [0, 0.1) is 0 Å². The molecular weight excluding hydrogens is 487 g/mol. The molecule has 0 nitrogen and oxygen atoms in total. The van der Waals surface area contributed by atoms with Crippen molar-refractivity contribution in [2.45, 2.75) is 43.0 Å². The number of rotatable bonds is 6. The molecule has 0 radical (unpaired) electrons. The molecule has 0 unspecified atom stereocenters. The Balaban J connectivity index is 3.41. The van der Waals surface area contributed by atoms with E-state index in [0.29, 0.717) is 5.56 Å². The highest BCUT2D eigenvalue weighted by atomic mass is 35.6. The highest BCUT2D eigenvalue weighted by molar-refractivity contribution is 6.80. The van der Waals surface area contributed by atoms with Gasteiger partial charge in [-0.1, -0.05) is 142 Å². The van der Waals surface area contributed by atoms with Gasteiger partial charge < -0.3 is 0 Å². The SMILES string of the molecule is CCCCc1ccccc1C(Cl)(Cl)C(Cl)(Cl)C(Cl)(Cl)C(Cl)(Cl)Cl. The second-order valence-corrected chi connectivity index (χ2v) is 11.2. The molecule has 0 fully saturated rings. The molecule has 23 heavy (non-hydrogen) atoms. The summed E-state index contributed by atoms with van der Waals surface area (Å²) in [5.41, 5.74) is 1.32. The van der Waals surface area contributed by atoms with Crippen LogP contribution in [0.5, 0.6) is 0 Å². The highest BCUT2D eigenvalue weighted by Gasteiger charge is 2.68. The van der Waals surface area contributed by atoms with Crippen LogP contribution in [-0.4, -0.2) is 12.5 Å². The second-order valence-electron chi connectivity index (χ2n) is 4.98. The molecule has 132 valence electrons. The predicted octanol–water partition coefficient (Wildman–Crippen LogP) is 8.38. The summed E-state index contributed by atoms with van der Waals surface area (Å²) in [6, 6.07) is 7.15. The van der Waals surface area contributed by atoms with Gasteiger partial charge in [0, 0.05) is 0 Å². The first kappa shape index (κ1) is 22.9. The van der Waals surface area contributed by atoms with Crippen molar-refractivity contribution >= 4 is 104 Å². The Bertz CT molecular complexity index is 531. The molecule has 0 aliphatic heterocycles. The first-order valence-corrected chi connectivity index (χ1v) is 9.99. The number of aryl methyl sites for hydroxylation is 1. The highest BCUT2D eigenvalue weighted by Crippen LogP contribution is 2.65. The van der Waals surface area contributed by atoms with Gasteiger partial charge in [-0.3, -0.25) is 0 Å². The average molecular weight is 500 g/mol. The summed E-state index contributed by atoms with van der Waals surface area (Å²) in [7, 11) is 0.